The predicted octanol–water partition coefficient (Wildman–Crippen LogP) is 5.57. The summed E-state index contributed by atoms with van der Waals surface area (Å²) in [6, 6.07) is 26.4. The van der Waals surface area contributed by atoms with Crippen LogP contribution in [0.15, 0.2) is 88.8 Å². The van der Waals surface area contributed by atoms with Crippen molar-refractivity contribution in [3.8, 4) is 23.3 Å². The van der Waals surface area contributed by atoms with Crippen LogP contribution in [0.3, 0.4) is 0 Å². The Morgan fingerprint density at radius 3 is 2.40 bits per heavy atom. The van der Waals surface area contributed by atoms with E-state index in [-0.39, 0.29) is 5.56 Å². The van der Waals surface area contributed by atoms with Crippen LogP contribution in [0.2, 0.25) is 0 Å². The molecule has 0 saturated carbocycles. The smallest absolute Gasteiger partial charge is 0.266 e. The Labute approximate surface area is 178 Å². The molecule has 0 unspecified atom stereocenters. The maximum atomic E-state index is 13.2. The molecule has 0 radical (unpaired) electrons. The first-order valence-electron chi connectivity index (χ1n) is 9.61. The Hall–Kier alpha value is -3.56. The lowest BCUT2D eigenvalue weighted by Crippen LogP contribution is -2.21. The van der Waals surface area contributed by atoms with Gasteiger partial charge >= 0.3 is 0 Å². The molecule has 0 fully saturated rings. The number of unbranched alkanes of at least 4 members (excludes halogenated alkanes) is 1. The Bertz CT molecular complexity index is 1250. The predicted molar refractivity (Wildman–Crippen MR) is 119 cm³/mol. The van der Waals surface area contributed by atoms with Crippen LogP contribution in [0, 0.1) is 11.3 Å². The minimum atomic E-state index is -0.111. The molecular weight excluding hydrogens is 394 g/mol. The molecule has 0 spiro atoms. The average Bonchev–Trinajstić information content (AvgIpc) is 2.78. The van der Waals surface area contributed by atoms with Crippen molar-refractivity contribution in [1.29, 1.82) is 5.26 Å². The second-order valence-electron chi connectivity index (χ2n) is 6.57. The summed E-state index contributed by atoms with van der Waals surface area (Å²) in [5.41, 5.74) is 1.28. The molecule has 1 heterocycles. The van der Waals surface area contributed by atoms with Crippen molar-refractivity contribution in [2.24, 2.45) is 0 Å². The number of nitrogens with zero attached hydrogens (tertiary/aromatic N) is 3. The van der Waals surface area contributed by atoms with Crippen LogP contribution < -0.4 is 10.3 Å². The van der Waals surface area contributed by atoms with Gasteiger partial charge in [-0.2, -0.15) is 5.26 Å². The molecule has 0 amide bonds. The number of benzene rings is 3. The molecular formula is C24H19N3O2S. The zero-order chi connectivity index (χ0) is 20.8. The number of hydrogen-bond donors (Lipinski definition) is 0. The molecule has 4 rings (SSSR count). The van der Waals surface area contributed by atoms with Crippen LogP contribution in [0.4, 0.5) is 0 Å². The van der Waals surface area contributed by atoms with Gasteiger partial charge in [-0.3, -0.25) is 9.36 Å². The van der Waals surface area contributed by atoms with Crippen molar-refractivity contribution in [3.05, 3.63) is 89.2 Å². The summed E-state index contributed by atoms with van der Waals surface area (Å²) in [6.07, 6.45) is 1.23. The van der Waals surface area contributed by atoms with Crippen LogP contribution in [-0.2, 0) is 0 Å². The summed E-state index contributed by atoms with van der Waals surface area (Å²) in [5.74, 6) is 2.16. The minimum absolute atomic E-state index is 0.111. The molecule has 1 aromatic heterocycles. The van der Waals surface area contributed by atoms with Crippen molar-refractivity contribution in [1.82, 2.24) is 9.55 Å². The van der Waals surface area contributed by atoms with Gasteiger partial charge in [0.05, 0.1) is 22.7 Å². The highest BCUT2D eigenvalue weighted by Crippen LogP contribution is 2.25. The van der Waals surface area contributed by atoms with Crippen LogP contribution in [0.5, 0.6) is 11.5 Å². The van der Waals surface area contributed by atoms with Gasteiger partial charge in [0.15, 0.2) is 5.16 Å². The number of nitriles is 1. The third kappa shape index (κ3) is 4.37. The Balaban J connectivity index is 1.70. The van der Waals surface area contributed by atoms with Gasteiger partial charge in [0.1, 0.15) is 11.5 Å². The van der Waals surface area contributed by atoms with Gasteiger partial charge in [-0.15, -0.1) is 0 Å². The molecule has 0 atom stereocenters. The monoisotopic (exact) mass is 413 g/mol. The maximum absolute atomic E-state index is 13.2. The highest BCUT2D eigenvalue weighted by Gasteiger charge is 2.13. The molecule has 4 aromatic rings. The molecule has 0 aliphatic rings. The summed E-state index contributed by atoms with van der Waals surface area (Å²) in [7, 11) is 0. The molecule has 5 nitrogen and oxygen atoms in total. The normalized spacial score (nSPS) is 10.6. The van der Waals surface area contributed by atoms with E-state index in [1.165, 1.54) is 11.8 Å². The van der Waals surface area contributed by atoms with E-state index in [0.29, 0.717) is 34.0 Å². The fourth-order valence-corrected chi connectivity index (χ4v) is 3.99. The number of rotatable bonds is 7. The third-order valence-corrected chi connectivity index (χ3v) is 5.51. The van der Waals surface area contributed by atoms with E-state index in [4.69, 9.17) is 15.0 Å². The first kappa shape index (κ1) is 19.7. The maximum Gasteiger partial charge on any atom is 0.266 e. The van der Waals surface area contributed by atoms with Gasteiger partial charge in [-0.05, 0) is 55.0 Å². The first-order chi connectivity index (χ1) is 14.8. The van der Waals surface area contributed by atoms with E-state index in [1.54, 1.807) is 10.6 Å². The Morgan fingerprint density at radius 1 is 0.933 bits per heavy atom. The molecule has 0 saturated heterocycles. The second kappa shape index (κ2) is 9.29. The highest BCUT2D eigenvalue weighted by molar-refractivity contribution is 7.99. The van der Waals surface area contributed by atoms with Gasteiger partial charge in [0.2, 0.25) is 0 Å². The zero-order valence-corrected chi connectivity index (χ0v) is 17.0. The van der Waals surface area contributed by atoms with Gasteiger partial charge in [0, 0.05) is 12.2 Å². The van der Waals surface area contributed by atoms with E-state index in [2.05, 4.69) is 6.07 Å². The van der Waals surface area contributed by atoms with E-state index >= 15 is 0 Å². The van der Waals surface area contributed by atoms with Gasteiger partial charge < -0.3 is 4.74 Å². The van der Waals surface area contributed by atoms with Gasteiger partial charge in [0.25, 0.3) is 5.56 Å². The summed E-state index contributed by atoms with van der Waals surface area (Å²) in [4.78, 5) is 18.0. The number of ether oxygens (including phenoxy) is 1. The molecule has 3 aromatic carbocycles. The SMILES string of the molecule is N#CCCCSc1nc2ccccc2c(=O)n1-c1ccc(Oc2ccccc2)cc1. The van der Waals surface area contributed by atoms with E-state index in [1.807, 2.05) is 72.8 Å². The Kier molecular flexibility index (Phi) is 6.11. The van der Waals surface area contributed by atoms with E-state index in [0.717, 1.165) is 17.9 Å². The fraction of sp³-hybridized carbons (Fsp3) is 0.125. The van der Waals surface area contributed by atoms with Gasteiger partial charge in [-0.1, -0.05) is 42.1 Å². The van der Waals surface area contributed by atoms with E-state index in [9.17, 15) is 4.79 Å². The topological polar surface area (TPSA) is 67.9 Å². The van der Waals surface area contributed by atoms with E-state index < -0.39 is 0 Å². The summed E-state index contributed by atoms with van der Waals surface area (Å²) in [6.45, 7) is 0. The van der Waals surface area contributed by atoms with Crippen LogP contribution >= 0.6 is 11.8 Å². The van der Waals surface area contributed by atoms with Crippen LogP contribution in [-0.4, -0.2) is 15.3 Å². The average molecular weight is 414 g/mol. The standard InChI is InChI=1S/C24H19N3O2S/c25-16-6-7-17-30-24-26-22-11-5-4-10-21(22)23(28)27(24)18-12-14-20(15-13-18)29-19-8-2-1-3-9-19/h1-5,8-15H,6-7,17H2. The summed E-state index contributed by atoms with van der Waals surface area (Å²) < 4.78 is 7.48. The second-order valence-corrected chi connectivity index (χ2v) is 7.63. The zero-order valence-electron chi connectivity index (χ0n) is 16.2. The van der Waals surface area contributed by atoms with Crippen LogP contribution in [0.25, 0.3) is 16.6 Å². The summed E-state index contributed by atoms with van der Waals surface area (Å²) >= 11 is 1.49. The van der Waals surface area contributed by atoms with Crippen molar-refractivity contribution in [3.63, 3.8) is 0 Å². The summed E-state index contributed by atoms with van der Waals surface area (Å²) in [5, 5.41) is 9.96. The molecule has 6 heteroatoms. The van der Waals surface area contributed by atoms with Crippen molar-refractivity contribution >= 4 is 22.7 Å². The number of aromatic nitrogens is 2. The minimum Gasteiger partial charge on any atom is -0.457 e. The van der Waals surface area contributed by atoms with Crippen molar-refractivity contribution < 1.29 is 4.74 Å². The lowest BCUT2D eigenvalue weighted by atomic mass is 10.2. The quantitative estimate of drug-likeness (QED) is 0.225. The number of fused-ring (bicyclic) bond motifs is 1. The molecule has 0 N–H and O–H groups in total. The number of thioether (sulfide) groups is 1. The molecule has 0 aliphatic carbocycles. The molecule has 0 aliphatic heterocycles. The molecule has 30 heavy (non-hydrogen) atoms. The molecule has 0 bridgehead atoms. The first-order valence-corrected chi connectivity index (χ1v) is 10.6. The lowest BCUT2D eigenvalue weighted by molar-refractivity contribution is 0.482. The fourth-order valence-electron chi connectivity index (χ4n) is 3.04. The third-order valence-electron chi connectivity index (χ3n) is 4.48. The van der Waals surface area contributed by atoms with Crippen LogP contribution in [0.1, 0.15) is 12.8 Å². The molecule has 148 valence electrons. The highest BCUT2D eigenvalue weighted by atomic mass is 32.2. The Morgan fingerprint density at radius 2 is 1.63 bits per heavy atom. The number of para-hydroxylation sites is 2. The largest absolute Gasteiger partial charge is 0.457 e. The number of hydrogen-bond acceptors (Lipinski definition) is 5. The van der Waals surface area contributed by atoms with Crippen molar-refractivity contribution in [2.75, 3.05) is 5.75 Å². The van der Waals surface area contributed by atoms with Gasteiger partial charge in [-0.25, -0.2) is 4.98 Å². The van der Waals surface area contributed by atoms with Crippen molar-refractivity contribution in [2.45, 2.75) is 18.0 Å². The lowest BCUT2D eigenvalue weighted by Gasteiger charge is -2.14.